The lowest BCUT2D eigenvalue weighted by Gasteiger charge is -2.48. The maximum absolute atomic E-state index is 13.2. The molecule has 3 fully saturated rings. The van der Waals surface area contributed by atoms with Crippen molar-refractivity contribution in [2.24, 2.45) is 0 Å². The van der Waals surface area contributed by atoms with Crippen molar-refractivity contribution in [1.29, 1.82) is 0 Å². The van der Waals surface area contributed by atoms with Gasteiger partial charge in [0.25, 0.3) is 0 Å². The van der Waals surface area contributed by atoms with Gasteiger partial charge >= 0.3 is 0 Å². The van der Waals surface area contributed by atoms with Gasteiger partial charge in [0.2, 0.25) is 5.91 Å². The normalized spacial score (nSPS) is 29.1. The highest BCUT2D eigenvalue weighted by molar-refractivity contribution is 5.76. The van der Waals surface area contributed by atoms with E-state index < -0.39 is 124 Å². The molecule has 12 N–H and O–H groups in total. The van der Waals surface area contributed by atoms with Crippen molar-refractivity contribution in [2.45, 2.75) is 272 Å². The second kappa shape index (κ2) is 50.5. The number of rotatable bonds is 47. The Labute approximate surface area is 530 Å². The lowest BCUT2D eigenvalue weighted by molar-refractivity contribution is -0.379. The Hall–Kier alpha value is -4.07. The molecule has 0 spiro atoms. The van der Waals surface area contributed by atoms with E-state index in [1.54, 1.807) is 0 Å². The average molecular weight is 1260 g/mol. The minimum Gasteiger partial charge on any atom is -0.394 e. The van der Waals surface area contributed by atoms with Crippen LogP contribution in [0.25, 0.3) is 0 Å². The molecule has 19 heteroatoms. The SMILES string of the molecule is CC/C=C\C/C=C\C/C=C\C/C=C\C/C=C\C/C=C\C/C=C\C/C=C\C/C=C\C/C=C\C/C=C\CCCCCCCC(=O)NC(COC1OC(CO)C(OC2OC(CO)C(OC3OC(CO)C(O)C(O)C3O)C(O)C2O)C(O)C1O)C(O)CCCCCCC. The number of allylic oxidation sites excluding steroid dienone is 22. The molecule has 0 aromatic rings. The lowest BCUT2D eigenvalue weighted by atomic mass is 9.96. The Bertz CT molecular complexity index is 2130. The molecule has 1 amide bonds. The van der Waals surface area contributed by atoms with E-state index in [-0.39, 0.29) is 18.9 Å². The van der Waals surface area contributed by atoms with Crippen LogP contribution in [-0.4, -0.2) is 193 Å². The topological polar surface area (TPSA) is 307 Å². The Kier molecular flexibility index (Phi) is 44.9. The molecule has 19 nitrogen and oxygen atoms in total. The van der Waals surface area contributed by atoms with Crippen LogP contribution in [0.1, 0.15) is 168 Å². The van der Waals surface area contributed by atoms with Gasteiger partial charge < -0.3 is 89.9 Å². The van der Waals surface area contributed by atoms with Crippen LogP contribution in [0.2, 0.25) is 0 Å². The summed E-state index contributed by atoms with van der Waals surface area (Å²) in [4.78, 5) is 13.2. The zero-order chi connectivity index (χ0) is 64.7. The highest BCUT2D eigenvalue weighted by Crippen LogP contribution is 2.33. The van der Waals surface area contributed by atoms with Crippen LogP contribution >= 0.6 is 0 Å². The second-order valence-electron chi connectivity index (χ2n) is 22.8. The van der Waals surface area contributed by atoms with Crippen LogP contribution < -0.4 is 5.32 Å². The van der Waals surface area contributed by atoms with Crippen LogP contribution in [0, 0.1) is 0 Å². The largest absolute Gasteiger partial charge is 0.394 e. The predicted octanol–water partition coefficient (Wildman–Crippen LogP) is 7.82. The van der Waals surface area contributed by atoms with E-state index in [1.165, 1.54) is 0 Å². The van der Waals surface area contributed by atoms with Gasteiger partial charge in [-0.3, -0.25) is 4.79 Å². The number of nitrogens with one attached hydrogen (secondary N) is 1. The number of ether oxygens (including phenoxy) is 6. The summed E-state index contributed by atoms with van der Waals surface area (Å²) in [6.45, 7) is 1.51. The molecule has 3 saturated heterocycles. The Morgan fingerprint density at radius 2 is 0.775 bits per heavy atom. The van der Waals surface area contributed by atoms with Crippen LogP contribution in [0.3, 0.4) is 0 Å². The zero-order valence-corrected chi connectivity index (χ0v) is 53.1. The van der Waals surface area contributed by atoms with Crippen LogP contribution in [-0.2, 0) is 33.2 Å². The van der Waals surface area contributed by atoms with E-state index in [4.69, 9.17) is 28.4 Å². The number of carbonyl (C=O) groups is 1. The summed E-state index contributed by atoms with van der Waals surface area (Å²) >= 11 is 0. The predicted molar refractivity (Wildman–Crippen MR) is 346 cm³/mol. The first-order valence-electron chi connectivity index (χ1n) is 32.9. The molecule has 0 aliphatic carbocycles. The highest BCUT2D eigenvalue weighted by Gasteiger charge is 2.53. The molecule has 3 aliphatic heterocycles. The van der Waals surface area contributed by atoms with Gasteiger partial charge in [0.05, 0.1) is 38.6 Å². The molecule has 506 valence electrons. The number of amides is 1. The molecule has 0 radical (unpaired) electrons. The van der Waals surface area contributed by atoms with Crippen molar-refractivity contribution in [3.05, 3.63) is 134 Å². The van der Waals surface area contributed by atoms with E-state index >= 15 is 0 Å². The van der Waals surface area contributed by atoms with Gasteiger partial charge in [-0.05, 0) is 96.3 Å². The van der Waals surface area contributed by atoms with Gasteiger partial charge in [-0.1, -0.05) is 199 Å². The Morgan fingerprint density at radius 1 is 0.416 bits per heavy atom. The summed E-state index contributed by atoms with van der Waals surface area (Å²) in [5.41, 5.74) is 0. The molecule has 3 heterocycles. The summed E-state index contributed by atoms with van der Waals surface area (Å²) in [7, 11) is 0. The average Bonchev–Trinajstić information content (AvgIpc) is 2.72. The maximum Gasteiger partial charge on any atom is 0.220 e. The van der Waals surface area contributed by atoms with Gasteiger partial charge in [0.1, 0.15) is 73.2 Å². The maximum atomic E-state index is 13.2. The molecule has 3 aliphatic rings. The quantitative estimate of drug-likeness (QED) is 0.0204. The zero-order valence-electron chi connectivity index (χ0n) is 53.1. The number of unbranched alkanes of at least 4 members (excludes halogenated alkanes) is 9. The fourth-order valence-corrected chi connectivity index (χ4v) is 10.1. The summed E-state index contributed by atoms with van der Waals surface area (Å²) in [5, 5.41) is 120. The summed E-state index contributed by atoms with van der Waals surface area (Å²) in [5.74, 6) is -0.276. The number of carbonyl (C=O) groups excluding carboxylic acids is 1. The van der Waals surface area contributed by atoms with Crippen LogP contribution in [0.5, 0.6) is 0 Å². The van der Waals surface area contributed by atoms with Gasteiger partial charge in [-0.15, -0.1) is 0 Å². The minimum atomic E-state index is -1.98. The first-order chi connectivity index (χ1) is 43.3. The lowest BCUT2D eigenvalue weighted by Crippen LogP contribution is -2.66. The van der Waals surface area contributed by atoms with E-state index in [1.807, 2.05) is 0 Å². The van der Waals surface area contributed by atoms with Gasteiger partial charge in [0.15, 0.2) is 18.9 Å². The van der Waals surface area contributed by atoms with Crippen molar-refractivity contribution in [2.75, 3.05) is 26.4 Å². The van der Waals surface area contributed by atoms with Crippen molar-refractivity contribution < 1.29 is 89.4 Å². The second-order valence-corrected chi connectivity index (χ2v) is 22.8. The van der Waals surface area contributed by atoms with Crippen molar-refractivity contribution in [1.82, 2.24) is 5.32 Å². The summed E-state index contributed by atoms with van der Waals surface area (Å²) < 4.78 is 34.1. The first kappa shape index (κ1) is 79.2. The van der Waals surface area contributed by atoms with E-state index in [2.05, 4.69) is 153 Å². The molecule has 0 aromatic heterocycles. The van der Waals surface area contributed by atoms with E-state index in [0.29, 0.717) is 19.3 Å². The molecule has 0 saturated carbocycles. The van der Waals surface area contributed by atoms with E-state index in [0.717, 1.165) is 128 Å². The number of aliphatic hydroxyl groups is 11. The van der Waals surface area contributed by atoms with Crippen LogP contribution in [0.4, 0.5) is 0 Å². The van der Waals surface area contributed by atoms with Crippen molar-refractivity contribution >= 4 is 5.91 Å². The molecular formula is C70H113NO18. The summed E-state index contributed by atoms with van der Waals surface area (Å²) in [6, 6.07) is -0.903. The smallest absolute Gasteiger partial charge is 0.220 e. The van der Waals surface area contributed by atoms with Crippen molar-refractivity contribution in [3.8, 4) is 0 Å². The monoisotopic (exact) mass is 1260 g/mol. The number of aliphatic hydroxyl groups excluding tert-OH is 11. The van der Waals surface area contributed by atoms with Crippen molar-refractivity contribution in [3.63, 3.8) is 0 Å². The third-order valence-corrected chi connectivity index (χ3v) is 15.5. The fourth-order valence-electron chi connectivity index (χ4n) is 10.1. The van der Waals surface area contributed by atoms with Gasteiger partial charge in [0, 0.05) is 6.42 Å². The molecular weight excluding hydrogens is 1140 g/mol. The van der Waals surface area contributed by atoms with Gasteiger partial charge in [-0.2, -0.15) is 0 Å². The fraction of sp³-hybridized carbons (Fsp3) is 0.671. The third kappa shape index (κ3) is 32.9. The molecule has 0 bridgehead atoms. The standard InChI is InChI=1S/C70H113NO18/c1-3-5-7-9-10-11-12-13-14-15-16-17-18-19-20-21-22-23-24-25-26-27-28-29-30-31-32-33-34-35-36-37-38-39-40-41-42-44-46-48-58(76)71-53(54(75)47-45-43-8-6-4-2)52-84-68-64(82)61(79)66(56(50-73)86-68)89-70-65(83)62(80)67(57(51-74)87-70)88-69-63(81)60(78)59(77)55(49-72)85-69/h5,7,10-11,13-14,16-17,19-20,22-23,25-26,28-29,31-32,34-35,37-38,53-57,59-70,72-75,77-83H,3-4,6,8-9,12,15,18,21,24,27,30,33,36,39-52H2,1-2H3,(H,71,76)/b7-5-,11-10-,14-13-,17-16-,20-19-,23-22-,26-25-,29-28-,32-31-,35-34-,38-37-. The molecule has 17 atom stereocenters. The Balaban J connectivity index is 1.29. The van der Waals surface area contributed by atoms with E-state index in [9.17, 15) is 61.0 Å². The molecule has 89 heavy (non-hydrogen) atoms. The highest BCUT2D eigenvalue weighted by atomic mass is 16.8. The molecule has 3 rings (SSSR count). The minimum absolute atomic E-state index is 0.233. The van der Waals surface area contributed by atoms with Gasteiger partial charge in [-0.25, -0.2) is 0 Å². The Morgan fingerprint density at radius 3 is 1.21 bits per heavy atom. The van der Waals surface area contributed by atoms with Crippen LogP contribution in [0.15, 0.2) is 134 Å². The first-order valence-corrected chi connectivity index (χ1v) is 32.9. The third-order valence-electron chi connectivity index (χ3n) is 15.5. The summed E-state index contributed by atoms with van der Waals surface area (Å²) in [6.07, 6.45) is 43.4. The number of hydrogen-bond donors (Lipinski definition) is 12. The number of hydrogen-bond acceptors (Lipinski definition) is 18. The molecule has 0 aromatic carbocycles. The molecule has 17 unspecified atom stereocenters.